The first-order valence-electron chi connectivity index (χ1n) is 5.34. The van der Waals surface area contributed by atoms with Crippen molar-refractivity contribution in [1.82, 2.24) is 0 Å². The normalized spacial score (nSPS) is 20.1. The summed E-state index contributed by atoms with van der Waals surface area (Å²) >= 11 is 0. The van der Waals surface area contributed by atoms with Crippen LogP contribution >= 0.6 is 0 Å². The van der Waals surface area contributed by atoms with E-state index in [0.717, 1.165) is 11.3 Å². The maximum absolute atomic E-state index is 10.8. The van der Waals surface area contributed by atoms with Crippen LogP contribution in [0.1, 0.15) is 16.7 Å². The average Bonchev–Trinajstić information content (AvgIpc) is 2.67. The summed E-state index contributed by atoms with van der Waals surface area (Å²) in [6, 6.07) is 3.05. The van der Waals surface area contributed by atoms with Crippen molar-refractivity contribution < 1.29 is 9.90 Å². The number of nitrogens with one attached hydrogen (secondary N) is 1. The lowest BCUT2D eigenvalue weighted by atomic mass is 10.0. The second-order valence-corrected chi connectivity index (χ2v) is 4.36. The minimum Gasteiger partial charge on any atom is -0.480 e. The predicted octanol–water partition coefficient (Wildman–Crippen LogP) is 1.05. The summed E-state index contributed by atoms with van der Waals surface area (Å²) in [7, 11) is 0. The fourth-order valence-electron chi connectivity index (χ4n) is 2.11. The number of carboxylic acid groups (broad SMARTS) is 1. The van der Waals surface area contributed by atoms with E-state index < -0.39 is 12.0 Å². The molecule has 1 aliphatic rings. The first-order chi connectivity index (χ1) is 7.50. The Kier molecular flexibility index (Phi) is 2.59. The molecule has 0 fully saturated rings. The van der Waals surface area contributed by atoms with Crippen LogP contribution in [-0.4, -0.2) is 23.2 Å². The van der Waals surface area contributed by atoms with Crippen LogP contribution in [0.5, 0.6) is 0 Å². The highest BCUT2D eigenvalue weighted by Crippen LogP contribution is 2.31. The fraction of sp³-hybridized carbons (Fsp3) is 0.417. The minimum atomic E-state index is -0.959. The summed E-state index contributed by atoms with van der Waals surface area (Å²) in [6.07, 6.45) is 0.684. The van der Waals surface area contributed by atoms with Crippen molar-refractivity contribution in [2.75, 3.05) is 5.32 Å². The number of carbonyl (C=O) groups is 1. The van der Waals surface area contributed by atoms with Gasteiger partial charge in [0.05, 0.1) is 6.04 Å². The lowest BCUT2D eigenvalue weighted by molar-refractivity contribution is -0.138. The van der Waals surface area contributed by atoms with Crippen LogP contribution in [0, 0.1) is 13.8 Å². The van der Waals surface area contributed by atoms with Gasteiger partial charge in [0.1, 0.15) is 6.04 Å². The molecule has 0 spiro atoms. The van der Waals surface area contributed by atoms with E-state index >= 15 is 0 Å². The van der Waals surface area contributed by atoms with Crippen molar-refractivity contribution >= 4 is 11.7 Å². The standard InChI is InChI=1S/C12H16N2O2/c1-6-3-4-8-5-9(10(13)12(15)16)14-11(8)7(6)2/h3-4,9-10,14H,5,13H2,1-2H3,(H,15,16). The molecule has 0 saturated carbocycles. The van der Waals surface area contributed by atoms with Gasteiger partial charge in [-0.2, -0.15) is 0 Å². The molecule has 2 atom stereocenters. The smallest absolute Gasteiger partial charge is 0.322 e. The average molecular weight is 220 g/mol. The van der Waals surface area contributed by atoms with Gasteiger partial charge in [-0.25, -0.2) is 0 Å². The van der Waals surface area contributed by atoms with E-state index in [1.54, 1.807) is 0 Å². The molecular formula is C12H16N2O2. The van der Waals surface area contributed by atoms with Crippen molar-refractivity contribution in [3.8, 4) is 0 Å². The number of nitrogens with two attached hydrogens (primary N) is 1. The van der Waals surface area contributed by atoms with E-state index in [1.807, 2.05) is 19.9 Å². The molecule has 1 heterocycles. The summed E-state index contributed by atoms with van der Waals surface area (Å²) in [4.78, 5) is 10.8. The van der Waals surface area contributed by atoms with Gasteiger partial charge >= 0.3 is 5.97 Å². The molecule has 0 amide bonds. The third-order valence-corrected chi connectivity index (χ3v) is 3.31. The Morgan fingerprint density at radius 1 is 1.56 bits per heavy atom. The van der Waals surface area contributed by atoms with Gasteiger partial charge in [-0.05, 0) is 37.0 Å². The summed E-state index contributed by atoms with van der Waals surface area (Å²) < 4.78 is 0. The van der Waals surface area contributed by atoms with Gasteiger partial charge in [-0.15, -0.1) is 0 Å². The van der Waals surface area contributed by atoms with Crippen LogP contribution in [0.2, 0.25) is 0 Å². The summed E-state index contributed by atoms with van der Waals surface area (Å²) in [6.45, 7) is 4.08. The molecule has 0 aromatic heterocycles. The molecule has 1 aromatic carbocycles. The molecule has 4 heteroatoms. The van der Waals surface area contributed by atoms with Crippen LogP contribution < -0.4 is 11.1 Å². The van der Waals surface area contributed by atoms with Crippen LogP contribution in [0.4, 0.5) is 5.69 Å². The van der Waals surface area contributed by atoms with Gasteiger partial charge in [0.2, 0.25) is 0 Å². The number of aliphatic carboxylic acids is 1. The molecule has 2 unspecified atom stereocenters. The van der Waals surface area contributed by atoms with Crippen molar-refractivity contribution in [3.05, 3.63) is 28.8 Å². The first kappa shape index (κ1) is 11.0. The van der Waals surface area contributed by atoms with E-state index in [4.69, 9.17) is 10.8 Å². The van der Waals surface area contributed by atoms with Crippen molar-refractivity contribution in [3.63, 3.8) is 0 Å². The molecule has 1 aromatic rings. The number of hydrogen-bond acceptors (Lipinski definition) is 3. The van der Waals surface area contributed by atoms with Crippen LogP contribution in [0.25, 0.3) is 0 Å². The fourth-order valence-corrected chi connectivity index (χ4v) is 2.11. The number of hydrogen-bond donors (Lipinski definition) is 3. The molecular weight excluding hydrogens is 204 g/mol. The molecule has 16 heavy (non-hydrogen) atoms. The van der Waals surface area contributed by atoms with Crippen molar-refractivity contribution in [1.29, 1.82) is 0 Å². The highest BCUT2D eigenvalue weighted by Gasteiger charge is 2.30. The highest BCUT2D eigenvalue weighted by atomic mass is 16.4. The van der Waals surface area contributed by atoms with Gasteiger partial charge < -0.3 is 16.2 Å². The monoisotopic (exact) mass is 220 g/mol. The van der Waals surface area contributed by atoms with Gasteiger partial charge in [0.25, 0.3) is 0 Å². The van der Waals surface area contributed by atoms with Crippen LogP contribution in [0.3, 0.4) is 0 Å². The van der Waals surface area contributed by atoms with E-state index in [-0.39, 0.29) is 6.04 Å². The molecule has 0 saturated heterocycles. The number of fused-ring (bicyclic) bond motifs is 1. The number of carboxylic acids is 1. The highest BCUT2D eigenvalue weighted by molar-refractivity contribution is 5.77. The molecule has 0 radical (unpaired) electrons. The molecule has 0 bridgehead atoms. The second-order valence-electron chi connectivity index (χ2n) is 4.36. The summed E-state index contributed by atoms with van der Waals surface area (Å²) in [5.41, 5.74) is 10.2. The number of anilines is 1. The van der Waals surface area contributed by atoms with Gasteiger partial charge in [-0.3, -0.25) is 4.79 Å². The van der Waals surface area contributed by atoms with Crippen LogP contribution in [0.15, 0.2) is 12.1 Å². The second kappa shape index (κ2) is 3.79. The maximum Gasteiger partial charge on any atom is 0.322 e. The minimum absolute atomic E-state index is 0.201. The summed E-state index contributed by atoms with van der Waals surface area (Å²) in [5, 5.41) is 12.1. The number of benzene rings is 1. The zero-order valence-electron chi connectivity index (χ0n) is 9.45. The predicted molar refractivity (Wildman–Crippen MR) is 62.6 cm³/mol. The topological polar surface area (TPSA) is 75.3 Å². The van der Waals surface area contributed by atoms with E-state index in [9.17, 15) is 4.79 Å². The largest absolute Gasteiger partial charge is 0.480 e. The Hall–Kier alpha value is -1.55. The van der Waals surface area contributed by atoms with Crippen molar-refractivity contribution in [2.45, 2.75) is 32.4 Å². The van der Waals surface area contributed by atoms with E-state index in [0.29, 0.717) is 6.42 Å². The molecule has 86 valence electrons. The Labute approximate surface area is 94.5 Å². The zero-order valence-corrected chi connectivity index (χ0v) is 9.45. The molecule has 1 aliphatic heterocycles. The quantitative estimate of drug-likeness (QED) is 0.696. The lowest BCUT2D eigenvalue weighted by Gasteiger charge is -2.16. The Balaban J connectivity index is 2.28. The van der Waals surface area contributed by atoms with Crippen molar-refractivity contribution in [2.24, 2.45) is 5.73 Å². The van der Waals surface area contributed by atoms with Gasteiger partial charge in [0.15, 0.2) is 0 Å². The van der Waals surface area contributed by atoms with Gasteiger partial charge in [-0.1, -0.05) is 12.1 Å². The van der Waals surface area contributed by atoms with Crippen LogP contribution in [-0.2, 0) is 11.2 Å². The number of rotatable bonds is 2. The third kappa shape index (κ3) is 1.65. The maximum atomic E-state index is 10.8. The first-order valence-corrected chi connectivity index (χ1v) is 5.34. The SMILES string of the molecule is Cc1ccc2c(c1C)NC(C(N)C(=O)O)C2. The lowest BCUT2D eigenvalue weighted by Crippen LogP contribution is -2.45. The summed E-state index contributed by atoms with van der Waals surface area (Å²) in [5.74, 6) is -0.959. The Morgan fingerprint density at radius 3 is 2.88 bits per heavy atom. The molecule has 4 nitrogen and oxygen atoms in total. The van der Waals surface area contributed by atoms with Gasteiger partial charge in [0, 0.05) is 5.69 Å². The Bertz CT molecular complexity index is 443. The molecule has 0 aliphatic carbocycles. The third-order valence-electron chi connectivity index (χ3n) is 3.31. The molecule has 4 N–H and O–H groups in total. The van der Waals surface area contributed by atoms with E-state index in [2.05, 4.69) is 11.4 Å². The van der Waals surface area contributed by atoms with E-state index in [1.165, 1.54) is 11.1 Å². The molecule has 2 rings (SSSR count). The zero-order chi connectivity index (χ0) is 11.9. The number of aryl methyl sites for hydroxylation is 1. The Morgan fingerprint density at radius 2 is 2.25 bits per heavy atom.